The molecule has 2 aromatic carbocycles. The summed E-state index contributed by atoms with van der Waals surface area (Å²) in [6.07, 6.45) is -1.18. The number of methoxy groups -OCH3 is 2. The molecule has 4 rings (SSSR count). The van der Waals surface area contributed by atoms with E-state index in [0.29, 0.717) is 31.4 Å². The molecule has 0 saturated carbocycles. The van der Waals surface area contributed by atoms with Gasteiger partial charge in [0, 0.05) is 76.8 Å². The number of anilines is 1. The molecule has 0 aromatic heterocycles. The number of aliphatic hydroxyl groups is 1. The Balaban J connectivity index is 1.44. The summed E-state index contributed by atoms with van der Waals surface area (Å²) >= 11 is 0. The van der Waals surface area contributed by atoms with Gasteiger partial charge in [0.25, 0.3) is 21.9 Å². The van der Waals surface area contributed by atoms with Crippen LogP contribution in [-0.4, -0.2) is 218 Å². The maximum atomic E-state index is 14.8. The highest BCUT2D eigenvalue weighted by molar-refractivity contribution is 7.85. The van der Waals surface area contributed by atoms with Crippen molar-refractivity contribution >= 4 is 81.1 Å². The predicted octanol–water partition coefficient (Wildman–Crippen LogP) is 3.31. The van der Waals surface area contributed by atoms with Gasteiger partial charge in [0.05, 0.1) is 61.9 Å². The summed E-state index contributed by atoms with van der Waals surface area (Å²) in [6.45, 7) is 17.9. The number of carbonyl (C=O) groups excluding carboxylic acids is 11. The summed E-state index contributed by atoms with van der Waals surface area (Å²) in [5.41, 5.74) is 4.18. The molecule has 30 nitrogen and oxygen atoms in total. The molecule has 2 aliphatic rings. The first-order valence-corrected chi connectivity index (χ1v) is 34.4. The molecule has 2 aromatic rings. The van der Waals surface area contributed by atoms with Crippen LogP contribution < -0.4 is 37.6 Å². The highest BCUT2D eigenvalue weighted by Crippen LogP contribution is 2.31. The van der Waals surface area contributed by atoms with Gasteiger partial charge in [0.1, 0.15) is 35.7 Å². The first-order valence-electron chi connectivity index (χ1n) is 33.0. The molecule has 10 N–H and O–H groups in total. The van der Waals surface area contributed by atoms with Crippen LogP contribution in [0.5, 0.6) is 0 Å². The minimum Gasteiger partial charge on any atom is -0.444 e. The Morgan fingerprint density at radius 3 is 2.03 bits per heavy atom. The van der Waals surface area contributed by atoms with Gasteiger partial charge in [0.15, 0.2) is 0 Å². The van der Waals surface area contributed by atoms with E-state index in [2.05, 4.69) is 31.9 Å². The monoisotopic (exact) mass is 1400 g/mol. The van der Waals surface area contributed by atoms with E-state index in [-0.39, 0.29) is 74.4 Å². The van der Waals surface area contributed by atoms with Crippen molar-refractivity contribution in [2.24, 2.45) is 29.4 Å². The van der Waals surface area contributed by atoms with E-state index in [4.69, 9.17) is 24.7 Å². The van der Waals surface area contributed by atoms with Gasteiger partial charge in [-0.1, -0.05) is 91.3 Å². The third-order valence-corrected chi connectivity index (χ3v) is 18.6. The summed E-state index contributed by atoms with van der Waals surface area (Å²) in [7, 11) is 0.687. The predicted molar refractivity (Wildman–Crippen MR) is 360 cm³/mol. The van der Waals surface area contributed by atoms with Gasteiger partial charge in [-0.2, -0.15) is 8.42 Å². The molecule has 0 bridgehead atoms. The van der Waals surface area contributed by atoms with Crippen molar-refractivity contribution in [1.29, 1.82) is 0 Å². The number of hydrogen-bond acceptors (Lipinski definition) is 18. The largest absolute Gasteiger partial charge is 0.444 e. The van der Waals surface area contributed by atoms with Crippen LogP contribution in [0.1, 0.15) is 138 Å². The van der Waals surface area contributed by atoms with Gasteiger partial charge in [-0.3, -0.25) is 57.5 Å². The van der Waals surface area contributed by atoms with Gasteiger partial charge in [-0.25, -0.2) is 9.59 Å². The molecule has 12 amide bonds. The first-order chi connectivity index (χ1) is 45.9. The van der Waals surface area contributed by atoms with E-state index in [0.717, 1.165) is 34.1 Å². The fourth-order valence-electron chi connectivity index (χ4n) is 12.1. The molecule has 1 fully saturated rings. The molecule has 98 heavy (non-hydrogen) atoms. The van der Waals surface area contributed by atoms with Crippen molar-refractivity contribution in [2.75, 3.05) is 59.9 Å². The van der Waals surface area contributed by atoms with E-state index < -0.39 is 159 Å². The summed E-state index contributed by atoms with van der Waals surface area (Å²) < 4.78 is 59.3. The zero-order valence-electron chi connectivity index (χ0n) is 59.0. The molecule has 31 heteroatoms. The molecule has 1 saturated heterocycles. The fraction of sp³-hybridized carbons (Fsp3) is 0.627. The van der Waals surface area contributed by atoms with Crippen molar-refractivity contribution in [2.45, 2.75) is 199 Å². The van der Waals surface area contributed by atoms with Crippen molar-refractivity contribution in [3.05, 3.63) is 71.8 Å². The summed E-state index contributed by atoms with van der Waals surface area (Å²) in [5.74, 6) is -7.19. The third-order valence-electron chi connectivity index (χ3n) is 17.7. The number of ether oxygens (including phenoxy) is 4. The van der Waals surface area contributed by atoms with E-state index in [1.165, 1.54) is 53.0 Å². The standard InChI is InChI=1S/C67H103N11O19S/c1-16-40(6)57(49(94-14)35-54(82)77-31-21-25-48(77)59(95-15)41(7)60(84)70-42(8)58(83)44-22-18-17-19-23-44)75(12)64(88)55(38(2)3)73-63(87)56(39(4)5)76(13)66(90)97-37-45-26-27-46(34-50(45)98(91,92)93)71-62(86)47(24-20-30-69-65(68)89)72-51(79)36-67(10,11)74-61(85)43(9)96-33-32-78-52(80)28-29-53(78)81/h17-19,22-23,26-29,34,38-43,47-49,55-59,83H,16,20-21,24-25,30-33,35-37H2,1-15H3,(H,70,84)(H,71,86)(H,72,79)(H,73,87)(H,74,85)(H3,68,69,89)(H,91,92,93)/t40-,41+,42+,43?,47-,48-,49+,55-,56-,57-,58+,59+/m0/s1. The second-order valence-electron chi connectivity index (χ2n) is 26.4. The molecule has 0 aliphatic carbocycles. The van der Waals surface area contributed by atoms with Gasteiger partial charge < -0.3 is 71.5 Å². The van der Waals surface area contributed by atoms with Crippen LogP contribution in [0.15, 0.2) is 65.6 Å². The van der Waals surface area contributed by atoms with Gasteiger partial charge >= 0.3 is 12.1 Å². The Bertz CT molecular complexity index is 3240. The van der Waals surface area contributed by atoms with Crippen molar-refractivity contribution < 1.29 is 89.8 Å². The van der Waals surface area contributed by atoms with Gasteiger partial charge in [-0.15, -0.1) is 0 Å². The topological polar surface area (TPSA) is 410 Å². The molecular formula is C67H103N11O19S. The molecule has 1 unspecified atom stereocenters. The lowest BCUT2D eigenvalue weighted by molar-refractivity contribution is -0.148. The van der Waals surface area contributed by atoms with E-state index in [1.54, 1.807) is 77.8 Å². The number of nitrogens with one attached hydrogen (secondary N) is 6. The average molecular weight is 1400 g/mol. The quantitative estimate of drug-likeness (QED) is 0.0264. The number of primary amides is 1. The SMILES string of the molecule is CC[C@H](C)[C@@H]([C@@H](CC(=O)N1CCC[C@H]1[C@H](OC)[C@@H](C)C(=O)N[C@H](C)[C@@H](O)c1ccccc1)OC)N(C)C(=O)[C@@H](NC(=O)[C@H](C(C)C)N(C)C(=O)OCc1ccc(NC(=O)[C@H](CCCNC(N)=O)NC(=O)CC(C)(C)NC(=O)C(C)OCCN2C(=O)C=CC2=O)cc1S(=O)(=O)O)C(C)C. The average Bonchev–Trinajstić information content (AvgIpc) is 1.22. The lowest BCUT2D eigenvalue weighted by Gasteiger charge is -2.41. The van der Waals surface area contributed by atoms with Crippen LogP contribution in [0.3, 0.4) is 0 Å². The lowest BCUT2D eigenvalue weighted by Crippen LogP contribution is -2.60. The van der Waals surface area contributed by atoms with Crippen molar-refractivity contribution in [1.82, 2.24) is 46.2 Å². The second-order valence-corrected chi connectivity index (χ2v) is 27.8. The van der Waals surface area contributed by atoms with Crippen LogP contribution in [0.2, 0.25) is 0 Å². The number of benzene rings is 2. The van der Waals surface area contributed by atoms with Crippen LogP contribution in [0.4, 0.5) is 15.3 Å². The molecule has 2 heterocycles. The highest BCUT2D eigenvalue weighted by Gasteiger charge is 2.44. The number of carbonyl (C=O) groups is 11. The minimum atomic E-state index is -5.11. The molecule has 546 valence electrons. The van der Waals surface area contributed by atoms with Crippen LogP contribution >= 0.6 is 0 Å². The van der Waals surface area contributed by atoms with Gasteiger partial charge in [0.2, 0.25) is 41.4 Å². The number of likely N-dealkylation sites (tertiary alicyclic amines) is 1. The Kier molecular flexibility index (Phi) is 31.7. The Morgan fingerprint density at radius 2 is 1.46 bits per heavy atom. The Labute approximate surface area is 574 Å². The summed E-state index contributed by atoms with van der Waals surface area (Å²) in [6, 6.07) is 5.83. The maximum absolute atomic E-state index is 14.8. The number of aliphatic hydroxyl groups excluding tert-OH is 1. The number of urea groups is 1. The van der Waals surface area contributed by atoms with Crippen molar-refractivity contribution in [3.63, 3.8) is 0 Å². The smallest absolute Gasteiger partial charge is 0.410 e. The number of hydrogen-bond donors (Lipinski definition) is 9. The second kappa shape index (κ2) is 37.7. The zero-order chi connectivity index (χ0) is 73.7. The van der Waals surface area contributed by atoms with Crippen LogP contribution in [0, 0.1) is 23.7 Å². The molecular weight excluding hydrogens is 1290 g/mol. The number of likely N-dealkylation sites (N-methyl/N-ethyl adjacent to an activating group) is 2. The van der Waals surface area contributed by atoms with Crippen molar-refractivity contribution in [3.8, 4) is 0 Å². The fourth-order valence-corrected chi connectivity index (χ4v) is 12.8. The van der Waals surface area contributed by atoms with E-state index in [1.807, 2.05) is 19.9 Å². The Hall–Kier alpha value is -8.10. The molecule has 2 aliphatic heterocycles. The highest BCUT2D eigenvalue weighted by atomic mass is 32.2. The minimum absolute atomic E-state index is 0.00563. The normalized spacial score (nSPS) is 17.5. The first kappa shape index (κ1) is 82.3. The number of nitrogens with zero attached hydrogens (tertiary/aromatic N) is 4. The number of rotatable bonds is 38. The third kappa shape index (κ3) is 23.5. The summed E-state index contributed by atoms with van der Waals surface area (Å²) in [5, 5.41) is 26.9. The number of nitrogens with two attached hydrogens (primary N) is 1. The van der Waals surface area contributed by atoms with E-state index in [9.17, 15) is 70.8 Å². The van der Waals surface area contributed by atoms with Gasteiger partial charge in [-0.05, 0) is 88.8 Å². The zero-order valence-corrected chi connectivity index (χ0v) is 59.8. The molecule has 0 radical (unpaired) electrons. The lowest BCUT2D eigenvalue weighted by atomic mass is 9.89. The number of imide groups is 1. The number of amides is 12. The maximum Gasteiger partial charge on any atom is 0.410 e. The molecule has 0 spiro atoms. The summed E-state index contributed by atoms with van der Waals surface area (Å²) in [4.78, 5) is 151. The van der Waals surface area contributed by atoms with E-state index >= 15 is 0 Å². The van der Waals surface area contributed by atoms with Crippen LogP contribution in [-0.2, 0) is 78.8 Å². The molecule has 12 atom stereocenters. The Morgan fingerprint density at radius 1 is 0.816 bits per heavy atom. The van der Waals surface area contributed by atoms with Crippen LogP contribution in [0.25, 0.3) is 0 Å².